The molecule has 0 aromatic heterocycles. The van der Waals surface area contributed by atoms with Crippen LogP contribution >= 0.6 is 0 Å². The lowest BCUT2D eigenvalue weighted by Gasteiger charge is -2.26. The van der Waals surface area contributed by atoms with Gasteiger partial charge >= 0.3 is 0 Å². The average molecular weight is 445 g/mol. The highest BCUT2D eigenvalue weighted by Gasteiger charge is 2.25. The van der Waals surface area contributed by atoms with Crippen molar-refractivity contribution in [3.63, 3.8) is 0 Å². The van der Waals surface area contributed by atoms with Crippen molar-refractivity contribution in [1.29, 1.82) is 0 Å². The number of methoxy groups -OCH3 is 1. The van der Waals surface area contributed by atoms with Gasteiger partial charge < -0.3 is 10.1 Å². The molecule has 0 heterocycles. The summed E-state index contributed by atoms with van der Waals surface area (Å²) in [6, 6.07) is 11.5. The topological polar surface area (TPSA) is 75.7 Å². The molecule has 1 aliphatic rings. The van der Waals surface area contributed by atoms with Gasteiger partial charge in [0.1, 0.15) is 12.3 Å². The third-order valence-electron chi connectivity index (χ3n) is 5.81. The Morgan fingerprint density at radius 3 is 2.48 bits per heavy atom. The summed E-state index contributed by atoms with van der Waals surface area (Å²) >= 11 is 0. The second kappa shape index (κ2) is 9.73. The Morgan fingerprint density at radius 1 is 1.13 bits per heavy atom. The average Bonchev–Trinajstić information content (AvgIpc) is 2.74. The van der Waals surface area contributed by atoms with Crippen molar-refractivity contribution in [3.05, 3.63) is 58.7 Å². The number of fused-ring (bicyclic) bond motifs is 1. The second-order valence-electron chi connectivity index (χ2n) is 8.21. The Bertz CT molecular complexity index is 1050. The molecule has 0 saturated heterocycles. The van der Waals surface area contributed by atoms with Crippen LogP contribution in [0.2, 0.25) is 0 Å². The number of carbonyl (C=O) groups is 1. The molecule has 0 spiro atoms. The zero-order valence-electron chi connectivity index (χ0n) is 18.8. The molecule has 0 fully saturated rings. The van der Waals surface area contributed by atoms with Crippen LogP contribution in [0.4, 0.5) is 5.69 Å². The van der Waals surface area contributed by atoms with E-state index >= 15 is 0 Å². The number of benzene rings is 2. The Labute approximate surface area is 185 Å². The molecule has 7 heteroatoms. The van der Waals surface area contributed by atoms with Gasteiger partial charge in [-0.1, -0.05) is 31.2 Å². The smallest absolute Gasteiger partial charge is 0.241 e. The molecule has 31 heavy (non-hydrogen) atoms. The van der Waals surface area contributed by atoms with Gasteiger partial charge in [-0.3, -0.25) is 9.10 Å². The lowest BCUT2D eigenvalue weighted by molar-refractivity contribution is -0.120. The molecule has 1 unspecified atom stereocenters. The lowest BCUT2D eigenvalue weighted by Crippen LogP contribution is -2.41. The number of anilines is 1. The molecule has 1 amide bonds. The zero-order chi connectivity index (χ0) is 22.6. The molecule has 1 aliphatic carbocycles. The van der Waals surface area contributed by atoms with E-state index in [-0.39, 0.29) is 18.5 Å². The first-order valence-electron chi connectivity index (χ1n) is 10.8. The number of amides is 1. The van der Waals surface area contributed by atoms with Gasteiger partial charge in [0, 0.05) is 0 Å². The van der Waals surface area contributed by atoms with Crippen molar-refractivity contribution >= 4 is 21.6 Å². The van der Waals surface area contributed by atoms with Gasteiger partial charge in [0.2, 0.25) is 15.9 Å². The summed E-state index contributed by atoms with van der Waals surface area (Å²) in [6.45, 7) is 3.58. The minimum Gasteiger partial charge on any atom is -0.495 e. The molecule has 2 aromatic rings. The van der Waals surface area contributed by atoms with Crippen molar-refractivity contribution in [1.82, 2.24) is 5.32 Å². The highest BCUT2D eigenvalue weighted by Crippen LogP contribution is 2.31. The monoisotopic (exact) mass is 444 g/mol. The largest absolute Gasteiger partial charge is 0.495 e. The van der Waals surface area contributed by atoms with Gasteiger partial charge in [-0.05, 0) is 73.4 Å². The van der Waals surface area contributed by atoms with E-state index in [2.05, 4.69) is 23.5 Å². The molecule has 2 aromatic carbocycles. The number of hydrogen-bond acceptors (Lipinski definition) is 4. The van der Waals surface area contributed by atoms with Crippen LogP contribution in [-0.2, 0) is 27.7 Å². The first-order chi connectivity index (χ1) is 14.7. The fourth-order valence-corrected chi connectivity index (χ4v) is 4.99. The number of rotatable bonds is 8. The van der Waals surface area contributed by atoms with Crippen LogP contribution in [0.3, 0.4) is 0 Å². The maximum Gasteiger partial charge on any atom is 0.241 e. The van der Waals surface area contributed by atoms with E-state index < -0.39 is 10.0 Å². The van der Waals surface area contributed by atoms with Crippen molar-refractivity contribution < 1.29 is 17.9 Å². The third-order valence-corrected chi connectivity index (χ3v) is 6.94. The Kier molecular flexibility index (Phi) is 7.26. The molecule has 0 saturated carbocycles. The maximum absolute atomic E-state index is 12.9. The number of sulfonamides is 1. The quantitative estimate of drug-likeness (QED) is 0.670. The van der Waals surface area contributed by atoms with Gasteiger partial charge in [-0.25, -0.2) is 8.42 Å². The SMILES string of the molecule is CCC(NC(=O)CN(c1cc(C)ccc1OC)S(C)(=O)=O)c1ccc2c(c1)CCCC2. The van der Waals surface area contributed by atoms with Gasteiger partial charge in [-0.15, -0.1) is 0 Å². The maximum atomic E-state index is 12.9. The number of nitrogens with zero attached hydrogens (tertiary/aromatic N) is 1. The fraction of sp³-hybridized carbons (Fsp3) is 0.458. The lowest BCUT2D eigenvalue weighted by atomic mass is 9.89. The minimum atomic E-state index is -3.69. The van der Waals surface area contributed by atoms with Gasteiger partial charge in [0.25, 0.3) is 0 Å². The minimum absolute atomic E-state index is 0.166. The van der Waals surface area contributed by atoms with E-state index in [1.807, 2.05) is 19.9 Å². The first-order valence-corrected chi connectivity index (χ1v) is 12.6. The fourth-order valence-electron chi connectivity index (χ4n) is 4.14. The van der Waals surface area contributed by atoms with Crippen molar-refractivity contribution in [2.24, 2.45) is 0 Å². The van der Waals surface area contributed by atoms with Crippen molar-refractivity contribution in [2.45, 2.75) is 52.0 Å². The molecule has 168 valence electrons. The number of nitrogens with one attached hydrogen (secondary N) is 1. The van der Waals surface area contributed by atoms with Crippen LogP contribution in [0.5, 0.6) is 5.75 Å². The highest BCUT2D eigenvalue weighted by molar-refractivity contribution is 7.92. The summed E-state index contributed by atoms with van der Waals surface area (Å²) in [6.07, 6.45) is 6.42. The number of carbonyl (C=O) groups excluding carboxylic acids is 1. The van der Waals surface area contributed by atoms with Gasteiger partial charge in [0.15, 0.2) is 0 Å². The van der Waals surface area contributed by atoms with E-state index in [0.29, 0.717) is 11.4 Å². The predicted molar refractivity (Wildman–Crippen MR) is 124 cm³/mol. The predicted octanol–water partition coefficient (Wildman–Crippen LogP) is 3.92. The van der Waals surface area contributed by atoms with Crippen LogP contribution in [0.25, 0.3) is 0 Å². The summed E-state index contributed by atoms with van der Waals surface area (Å²) in [5.74, 6) is 0.0594. The Morgan fingerprint density at radius 2 is 1.84 bits per heavy atom. The molecule has 6 nitrogen and oxygen atoms in total. The standard InChI is InChI=1S/C24H32N2O4S/c1-5-21(20-12-11-18-8-6-7-9-19(18)15-20)25-24(27)16-26(31(4,28)29)22-14-17(2)10-13-23(22)30-3/h10-15,21H,5-9,16H2,1-4H3,(H,25,27). The molecular weight excluding hydrogens is 412 g/mol. The summed E-state index contributed by atoms with van der Waals surface area (Å²) in [4.78, 5) is 12.9. The van der Waals surface area contributed by atoms with Crippen molar-refractivity contribution in [2.75, 3.05) is 24.2 Å². The first kappa shape index (κ1) is 23.1. The van der Waals surface area contributed by atoms with E-state index in [1.54, 1.807) is 12.1 Å². The van der Waals surface area contributed by atoms with Crippen LogP contribution < -0.4 is 14.4 Å². The number of ether oxygens (including phenoxy) is 1. The highest BCUT2D eigenvalue weighted by atomic mass is 32.2. The van der Waals surface area contributed by atoms with E-state index in [4.69, 9.17) is 4.74 Å². The van der Waals surface area contributed by atoms with Crippen LogP contribution in [0, 0.1) is 6.92 Å². The number of aryl methyl sites for hydroxylation is 3. The van der Waals surface area contributed by atoms with Gasteiger partial charge in [-0.2, -0.15) is 0 Å². The van der Waals surface area contributed by atoms with Crippen molar-refractivity contribution in [3.8, 4) is 5.75 Å². The molecule has 3 rings (SSSR count). The summed E-state index contributed by atoms with van der Waals surface area (Å²) in [5.41, 5.74) is 5.06. The molecule has 1 N–H and O–H groups in total. The number of hydrogen-bond donors (Lipinski definition) is 1. The zero-order valence-corrected chi connectivity index (χ0v) is 19.6. The Hall–Kier alpha value is -2.54. The molecule has 0 bridgehead atoms. The van der Waals surface area contributed by atoms with Crippen LogP contribution in [0.1, 0.15) is 54.5 Å². The van der Waals surface area contributed by atoms with Crippen LogP contribution in [-0.4, -0.2) is 34.2 Å². The summed E-state index contributed by atoms with van der Waals surface area (Å²) in [5, 5.41) is 3.03. The molecular formula is C24H32N2O4S. The Balaban J connectivity index is 1.81. The van der Waals surface area contributed by atoms with Crippen LogP contribution in [0.15, 0.2) is 36.4 Å². The second-order valence-corrected chi connectivity index (χ2v) is 10.1. The summed E-state index contributed by atoms with van der Waals surface area (Å²) < 4.78 is 31.5. The van der Waals surface area contributed by atoms with E-state index in [1.165, 1.54) is 31.1 Å². The molecule has 1 atom stereocenters. The van der Waals surface area contributed by atoms with E-state index in [9.17, 15) is 13.2 Å². The normalized spacial score (nSPS) is 14.5. The summed E-state index contributed by atoms with van der Waals surface area (Å²) in [7, 11) is -2.21. The molecule has 0 aliphatic heterocycles. The van der Waals surface area contributed by atoms with E-state index in [0.717, 1.165) is 41.0 Å². The van der Waals surface area contributed by atoms with Gasteiger partial charge in [0.05, 0.1) is 25.1 Å². The molecule has 0 radical (unpaired) electrons. The third kappa shape index (κ3) is 5.58.